The van der Waals surface area contributed by atoms with Gasteiger partial charge in [0.05, 0.1) is 22.1 Å². The molecule has 0 fully saturated rings. The highest BCUT2D eigenvalue weighted by molar-refractivity contribution is 7.27. The van der Waals surface area contributed by atoms with Gasteiger partial charge in [-0.2, -0.15) is 4.98 Å². The molecule has 4 aromatic heterocycles. The topological polar surface area (TPSA) is 43.9 Å². The number of nitrogens with zero attached hydrogens (tertiary/aromatic N) is 3. The van der Waals surface area contributed by atoms with Crippen molar-refractivity contribution in [3.63, 3.8) is 0 Å². The van der Waals surface area contributed by atoms with Crippen LogP contribution in [0.15, 0.2) is 156 Å². The standard InChI is InChI=1S/C44H25N3OS/c1-2-13-26(14-3-1)27-15-12-16-28(25-27)40-38-32-20-7-10-23-35(32)48-43(38)46-44(45-40)47-34-22-9-6-19-31(34)39-41(47)30-18-5-4-17-29(30)37-33-21-8-11-24-36(33)49-42(37)39/h1-25H. The van der Waals surface area contributed by atoms with Gasteiger partial charge in [0.15, 0.2) is 0 Å². The van der Waals surface area contributed by atoms with Gasteiger partial charge in [0, 0.05) is 47.3 Å². The summed E-state index contributed by atoms with van der Waals surface area (Å²) < 4.78 is 11.4. The van der Waals surface area contributed by atoms with Gasteiger partial charge in [-0.15, -0.1) is 11.3 Å². The molecule has 0 aliphatic rings. The predicted molar refractivity (Wildman–Crippen MR) is 205 cm³/mol. The van der Waals surface area contributed by atoms with Crippen molar-refractivity contribution >= 4 is 86.2 Å². The molecule has 228 valence electrons. The molecule has 11 aromatic rings. The van der Waals surface area contributed by atoms with Gasteiger partial charge in [-0.25, -0.2) is 4.98 Å². The lowest BCUT2D eigenvalue weighted by atomic mass is 9.99. The van der Waals surface area contributed by atoms with Crippen molar-refractivity contribution in [3.05, 3.63) is 152 Å². The zero-order valence-electron chi connectivity index (χ0n) is 26.1. The Balaban J connectivity index is 1.30. The Labute approximate surface area is 284 Å². The maximum absolute atomic E-state index is 6.53. The van der Waals surface area contributed by atoms with Crippen LogP contribution in [0.3, 0.4) is 0 Å². The third-order valence-corrected chi connectivity index (χ3v) is 11.0. The monoisotopic (exact) mass is 643 g/mol. The van der Waals surface area contributed by atoms with Crippen LogP contribution in [-0.2, 0) is 0 Å². The third-order valence-electron chi connectivity index (χ3n) is 9.82. The van der Waals surface area contributed by atoms with E-state index in [1.54, 1.807) is 0 Å². The van der Waals surface area contributed by atoms with E-state index in [1.165, 1.54) is 41.7 Å². The zero-order valence-corrected chi connectivity index (χ0v) is 26.9. The van der Waals surface area contributed by atoms with E-state index in [4.69, 9.17) is 14.4 Å². The molecule has 0 aliphatic carbocycles. The van der Waals surface area contributed by atoms with E-state index in [0.717, 1.165) is 49.8 Å². The zero-order chi connectivity index (χ0) is 32.1. The summed E-state index contributed by atoms with van der Waals surface area (Å²) in [4.78, 5) is 10.7. The van der Waals surface area contributed by atoms with E-state index in [1.807, 2.05) is 35.6 Å². The number of furan rings is 1. The Morgan fingerprint density at radius 2 is 1.16 bits per heavy atom. The summed E-state index contributed by atoms with van der Waals surface area (Å²) in [6, 6.07) is 53.4. The molecule has 0 saturated heterocycles. The number of fused-ring (bicyclic) bond motifs is 13. The van der Waals surface area contributed by atoms with E-state index in [-0.39, 0.29) is 0 Å². The Hall–Kier alpha value is -6.30. The number of aromatic nitrogens is 3. The number of hydrogen-bond donors (Lipinski definition) is 0. The number of benzene rings is 7. The van der Waals surface area contributed by atoms with Gasteiger partial charge in [-0.3, -0.25) is 4.57 Å². The number of rotatable bonds is 3. The molecule has 49 heavy (non-hydrogen) atoms. The van der Waals surface area contributed by atoms with Crippen LogP contribution in [0, 0.1) is 0 Å². The fourth-order valence-electron chi connectivity index (χ4n) is 7.73. The quantitative estimate of drug-likeness (QED) is 0.192. The normalized spacial score (nSPS) is 12.1. The maximum atomic E-state index is 6.53. The predicted octanol–water partition coefficient (Wildman–Crippen LogP) is 12.3. The molecule has 0 spiro atoms. The summed E-state index contributed by atoms with van der Waals surface area (Å²) in [5.41, 5.74) is 7.69. The number of para-hydroxylation sites is 2. The van der Waals surface area contributed by atoms with Crippen LogP contribution < -0.4 is 0 Å². The van der Waals surface area contributed by atoms with Crippen LogP contribution in [0.4, 0.5) is 0 Å². The van der Waals surface area contributed by atoms with Crippen molar-refractivity contribution in [1.29, 1.82) is 0 Å². The lowest BCUT2D eigenvalue weighted by molar-refractivity contribution is 0.651. The van der Waals surface area contributed by atoms with E-state index in [0.29, 0.717) is 11.7 Å². The SMILES string of the molecule is c1ccc(-c2cccc(-c3nc(-n4c5ccccc5c5c6sc7ccccc7c6c6ccccc6c54)nc4oc5ccccc5c34)c2)cc1. The van der Waals surface area contributed by atoms with E-state index < -0.39 is 0 Å². The molecule has 0 bridgehead atoms. The van der Waals surface area contributed by atoms with Crippen molar-refractivity contribution in [2.45, 2.75) is 0 Å². The summed E-state index contributed by atoms with van der Waals surface area (Å²) >= 11 is 1.86. The van der Waals surface area contributed by atoms with Gasteiger partial charge in [0.2, 0.25) is 11.7 Å². The van der Waals surface area contributed by atoms with Crippen LogP contribution in [0.25, 0.3) is 103 Å². The minimum atomic E-state index is 0.574. The second kappa shape index (κ2) is 10.1. The Bertz CT molecular complexity index is 3110. The molecular formula is C44H25N3OS. The highest BCUT2D eigenvalue weighted by atomic mass is 32.1. The van der Waals surface area contributed by atoms with E-state index >= 15 is 0 Å². The summed E-state index contributed by atoms with van der Waals surface area (Å²) in [5.74, 6) is 0.587. The minimum Gasteiger partial charge on any atom is -0.437 e. The van der Waals surface area contributed by atoms with E-state index in [2.05, 4.69) is 132 Å². The van der Waals surface area contributed by atoms with Crippen molar-refractivity contribution in [3.8, 4) is 28.3 Å². The van der Waals surface area contributed by atoms with Gasteiger partial charge in [0.25, 0.3) is 0 Å². The van der Waals surface area contributed by atoms with Gasteiger partial charge in [0.1, 0.15) is 5.58 Å². The molecule has 0 N–H and O–H groups in total. The van der Waals surface area contributed by atoms with Crippen molar-refractivity contribution in [2.24, 2.45) is 0 Å². The molecule has 0 aliphatic heterocycles. The molecule has 0 amide bonds. The highest BCUT2D eigenvalue weighted by Crippen LogP contribution is 2.48. The Morgan fingerprint density at radius 3 is 2.04 bits per heavy atom. The van der Waals surface area contributed by atoms with Crippen LogP contribution in [-0.4, -0.2) is 14.5 Å². The molecule has 7 aromatic carbocycles. The molecule has 0 saturated carbocycles. The fourth-order valence-corrected chi connectivity index (χ4v) is 9.00. The Morgan fingerprint density at radius 1 is 0.490 bits per heavy atom. The molecule has 5 heteroatoms. The first kappa shape index (κ1) is 26.7. The molecule has 0 radical (unpaired) electrons. The van der Waals surface area contributed by atoms with Gasteiger partial charge >= 0.3 is 0 Å². The van der Waals surface area contributed by atoms with Crippen molar-refractivity contribution < 1.29 is 4.42 Å². The average Bonchev–Trinajstić information content (AvgIpc) is 3.85. The lowest BCUT2D eigenvalue weighted by Gasteiger charge is -2.12. The lowest BCUT2D eigenvalue weighted by Crippen LogP contribution is -2.03. The molecule has 0 atom stereocenters. The molecule has 0 unspecified atom stereocenters. The minimum absolute atomic E-state index is 0.574. The summed E-state index contributed by atoms with van der Waals surface area (Å²) in [7, 11) is 0. The second-order valence-corrected chi connectivity index (χ2v) is 13.6. The third kappa shape index (κ3) is 3.79. The molecule has 4 heterocycles. The average molecular weight is 644 g/mol. The number of hydrogen-bond acceptors (Lipinski definition) is 4. The molecular weight excluding hydrogens is 619 g/mol. The van der Waals surface area contributed by atoms with Crippen LogP contribution in [0.2, 0.25) is 0 Å². The molecule has 11 rings (SSSR count). The van der Waals surface area contributed by atoms with Crippen LogP contribution in [0.5, 0.6) is 0 Å². The first-order valence-corrected chi connectivity index (χ1v) is 17.2. The first-order chi connectivity index (χ1) is 24.3. The summed E-state index contributed by atoms with van der Waals surface area (Å²) in [5, 5.41) is 9.33. The summed E-state index contributed by atoms with van der Waals surface area (Å²) in [6.07, 6.45) is 0. The fraction of sp³-hybridized carbons (Fsp3) is 0. The van der Waals surface area contributed by atoms with E-state index in [9.17, 15) is 0 Å². The second-order valence-electron chi connectivity index (χ2n) is 12.5. The number of thiophene rings is 1. The van der Waals surface area contributed by atoms with Gasteiger partial charge < -0.3 is 4.42 Å². The first-order valence-electron chi connectivity index (χ1n) is 16.4. The highest BCUT2D eigenvalue weighted by Gasteiger charge is 2.25. The maximum Gasteiger partial charge on any atom is 0.238 e. The van der Waals surface area contributed by atoms with Crippen molar-refractivity contribution in [2.75, 3.05) is 0 Å². The summed E-state index contributed by atoms with van der Waals surface area (Å²) in [6.45, 7) is 0. The Kier molecular flexibility index (Phi) is 5.51. The largest absolute Gasteiger partial charge is 0.437 e. The van der Waals surface area contributed by atoms with Gasteiger partial charge in [-0.05, 0) is 40.8 Å². The molecule has 4 nitrogen and oxygen atoms in total. The van der Waals surface area contributed by atoms with Gasteiger partial charge in [-0.1, -0.05) is 127 Å². The van der Waals surface area contributed by atoms with Crippen LogP contribution in [0.1, 0.15) is 0 Å². The van der Waals surface area contributed by atoms with Crippen LogP contribution >= 0.6 is 11.3 Å². The smallest absolute Gasteiger partial charge is 0.238 e. The van der Waals surface area contributed by atoms with Crippen molar-refractivity contribution in [1.82, 2.24) is 14.5 Å².